The fraction of sp³-hybridized carbons (Fsp3) is 1.00. The minimum Gasteiger partial charge on any atom is -0.314 e. The van der Waals surface area contributed by atoms with Crippen LogP contribution in [0.15, 0.2) is 0 Å². The average Bonchev–Trinajstić information content (AvgIpc) is 2.12. The van der Waals surface area contributed by atoms with Gasteiger partial charge in [0, 0.05) is 31.7 Å². The number of hydrogen-bond donors (Lipinski definition) is 1. The van der Waals surface area contributed by atoms with Crippen LogP contribution in [-0.2, 0) is 0 Å². The molecule has 1 fully saturated rings. The summed E-state index contributed by atoms with van der Waals surface area (Å²) in [5, 5.41) is 3.48. The van der Waals surface area contributed by atoms with Gasteiger partial charge in [0.15, 0.2) is 0 Å². The van der Waals surface area contributed by atoms with Crippen molar-refractivity contribution < 1.29 is 0 Å². The number of rotatable bonds is 4. The third-order valence-corrected chi connectivity index (χ3v) is 3.32. The van der Waals surface area contributed by atoms with Crippen molar-refractivity contribution in [1.82, 2.24) is 10.2 Å². The molecule has 0 aromatic rings. The molecule has 1 N–H and O–H groups in total. The summed E-state index contributed by atoms with van der Waals surface area (Å²) in [7, 11) is 0. The first-order chi connectivity index (χ1) is 6.65. The fourth-order valence-electron chi connectivity index (χ4n) is 2.47. The van der Waals surface area contributed by atoms with Crippen LogP contribution in [0.5, 0.6) is 0 Å². The van der Waals surface area contributed by atoms with E-state index in [0.29, 0.717) is 12.1 Å². The molecule has 2 heteroatoms. The third kappa shape index (κ3) is 3.25. The van der Waals surface area contributed by atoms with Gasteiger partial charge < -0.3 is 5.32 Å². The van der Waals surface area contributed by atoms with E-state index in [-0.39, 0.29) is 0 Å². The molecule has 0 aromatic heterocycles. The molecule has 0 amide bonds. The maximum atomic E-state index is 3.48. The van der Waals surface area contributed by atoms with Gasteiger partial charge in [0.2, 0.25) is 0 Å². The molecule has 1 heterocycles. The summed E-state index contributed by atoms with van der Waals surface area (Å²) < 4.78 is 0. The van der Waals surface area contributed by atoms with Gasteiger partial charge in [-0.25, -0.2) is 0 Å². The molecule has 0 bridgehead atoms. The summed E-state index contributed by atoms with van der Waals surface area (Å²) in [6.45, 7) is 12.9. The van der Waals surface area contributed by atoms with E-state index in [2.05, 4.69) is 37.9 Å². The van der Waals surface area contributed by atoms with E-state index in [9.17, 15) is 0 Å². The molecule has 1 aliphatic rings. The van der Waals surface area contributed by atoms with Crippen molar-refractivity contribution in [1.29, 1.82) is 0 Å². The normalized spacial score (nSPS) is 31.7. The van der Waals surface area contributed by atoms with Gasteiger partial charge in [-0.1, -0.05) is 20.3 Å². The maximum Gasteiger partial charge on any atom is 0.0195 e. The molecule has 3 unspecified atom stereocenters. The Morgan fingerprint density at radius 3 is 2.36 bits per heavy atom. The molecule has 84 valence electrons. The summed E-state index contributed by atoms with van der Waals surface area (Å²) in [6, 6.07) is 1.41. The highest BCUT2D eigenvalue weighted by Gasteiger charge is 2.25. The molecule has 0 aliphatic carbocycles. The van der Waals surface area contributed by atoms with Crippen molar-refractivity contribution in [2.75, 3.05) is 19.6 Å². The van der Waals surface area contributed by atoms with E-state index in [1.165, 1.54) is 19.4 Å². The van der Waals surface area contributed by atoms with Crippen molar-refractivity contribution in [2.24, 2.45) is 5.92 Å². The van der Waals surface area contributed by atoms with Gasteiger partial charge in [0.25, 0.3) is 0 Å². The molecule has 1 saturated heterocycles. The van der Waals surface area contributed by atoms with Crippen molar-refractivity contribution in [3.05, 3.63) is 0 Å². The summed E-state index contributed by atoms with van der Waals surface area (Å²) in [5.41, 5.74) is 0. The highest BCUT2D eigenvalue weighted by atomic mass is 15.2. The summed E-state index contributed by atoms with van der Waals surface area (Å²) >= 11 is 0. The van der Waals surface area contributed by atoms with E-state index in [4.69, 9.17) is 0 Å². The minimum absolute atomic E-state index is 0.707. The quantitative estimate of drug-likeness (QED) is 0.744. The Kier molecular flexibility index (Phi) is 4.90. The second kappa shape index (κ2) is 5.72. The minimum atomic E-state index is 0.707. The molecular formula is C12H26N2. The van der Waals surface area contributed by atoms with Gasteiger partial charge >= 0.3 is 0 Å². The topological polar surface area (TPSA) is 15.3 Å². The lowest BCUT2D eigenvalue weighted by Gasteiger charge is -2.40. The monoisotopic (exact) mass is 198 g/mol. The van der Waals surface area contributed by atoms with E-state index in [0.717, 1.165) is 19.0 Å². The molecule has 14 heavy (non-hydrogen) atoms. The molecule has 0 saturated carbocycles. The summed E-state index contributed by atoms with van der Waals surface area (Å²) in [4.78, 5) is 2.66. The fourth-order valence-corrected chi connectivity index (χ4v) is 2.47. The average molecular weight is 198 g/mol. The highest BCUT2D eigenvalue weighted by molar-refractivity contribution is 4.83. The SMILES string of the molecule is CCCC(C)CN1C(C)CNCC1C. The lowest BCUT2D eigenvalue weighted by Crippen LogP contribution is -2.56. The van der Waals surface area contributed by atoms with E-state index >= 15 is 0 Å². The van der Waals surface area contributed by atoms with E-state index in [1.54, 1.807) is 0 Å². The van der Waals surface area contributed by atoms with Crippen LogP contribution in [-0.4, -0.2) is 36.6 Å². The molecular weight excluding hydrogens is 172 g/mol. The van der Waals surface area contributed by atoms with Crippen molar-refractivity contribution >= 4 is 0 Å². The van der Waals surface area contributed by atoms with E-state index in [1.807, 2.05) is 0 Å². The third-order valence-electron chi connectivity index (χ3n) is 3.32. The lowest BCUT2D eigenvalue weighted by molar-refractivity contribution is 0.0974. The Labute approximate surface area is 89.1 Å². The van der Waals surface area contributed by atoms with Crippen LogP contribution >= 0.6 is 0 Å². The van der Waals surface area contributed by atoms with Gasteiger partial charge in [-0.2, -0.15) is 0 Å². The number of piperazine rings is 1. The van der Waals surface area contributed by atoms with Crippen LogP contribution in [0.4, 0.5) is 0 Å². The van der Waals surface area contributed by atoms with Crippen LogP contribution in [0.1, 0.15) is 40.5 Å². The molecule has 2 nitrogen and oxygen atoms in total. The van der Waals surface area contributed by atoms with Gasteiger partial charge in [0.1, 0.15) is 0 Å². The lowest BCUT2D eigenvalue weighted by atomic mass is 10.0. The number of nitrogens with zero attached hydrogens (tertiary/aromatic N) is 1. The number of nitrogens with one attached hydrogen (secondary N) is 1. The van der Waals surface area contributed by atoms with Crippen molar-refractivity contribution in [3.8, 4) is 0 Å². The highest BCUT2D eigenvalue weighted by Crippen LogP contribution is 2.15. The van der Waals surface area contributed by atoms with Crippen molar-refractivity contribution in [3.63, 3.8) is 0 Å². The zero-order chi connectivity index (χ0) is 10.6. The van der Waals surface area contributed by atoms with Crippen LogP contribution in [0.2, 0.25) is 0 Å². The smallest absolute Gasteiger partial charge is 0.0195 e. The molecule has 0 spiro atoms. The Hall–Kier alpha value is -0.0800. The standard InChI is InChI=1S/C12H26N2/c1-5-6-10(2)9-14-11(3)7-13-8-12(14)4/h10-13H,5-9H2,1-4H3. The second-order valence-corrected chi connectivity index (χ2v) is 4.95. The predicted octanol–water partition coefficient (Wildman–Crippen LogP) is 2.10. The van der Waals surface area contributed by atoms with Crippen LogP contribution in [0, 0.1) is 5.92 Å². The van der Waals surface area contributed by atoms with E-state index < -0.39 is 0 Å². The zero-order valence-electron chi connectivity index (χ0n) is 10.2. The van der Waals surface area contributed by atoms with Crippen molar-refractivity contribution in [2.45, 2.75) is 52.6 Å². The molecule has 0 aromatic carbocycles. The first-order valence-corrected chi connectivity index (χ1v) is 6.11. The van der Waals surface area contributed by atoms with Gasteiger partial charge in [-0.05, 0) is 26.2 Å². The predicted molar refractivity (Wildman–Crippen MR) is 62.6 cm³/mol. The van der Waals surface area contributed by atoms with Gasteiger partial charge in [0.05, 0.1) is 0 Å². The first-order valence-electron chi connectivity index (χ1n) is 6.11. The summed E-state index contributed by atoms with van der Waals surface area (Å²) in [5.74, 6) is 0.850. The molecule has 3 atom stereocenters. The molecule has 1 aliphatic heterocycles. The Bertz CT molecular complexity index is 148. The molecule has 1 rings (SSSR count). The zero-order valence-corrected chi connectivity index (χ0v) is 10.2. The Morgan fingerprint density at radius 1 is 1.29 bits per heavy atom. The number of hydrogen-bond acceptors (Lipinski definition) is 2. The van der Waals surface area contributed by atoms with Crippen LogP contribution in [0.3, 0.4) is 0 Å². The molecule has 0 radical (unpaired) electrons. The summed E-state index contributed by atoms with van der Waals surface area (Å²) in [6.07, 6.45) is 2.68. The largest absolute Gasteiger partial charge is 0.314 e. The first kappa shape index (κ1) is 12.0. The van der Waals surface area contributed by atoms with Gasteiger partial charge in [-0.3, -0.25) is 4.90 Å². The van der Waals surface area contributed by atoms with Gasteiger partial charge in [-0.15, -0.1) is 0 Å². The van der Waals surface area contributed by atoms with Crippen LogP contribution < -0.4 is 5.32 Å². The Balaban J connectivity index is 2.39. The Morgan fingerprint density at radius 2 is 1.86 bits per heavy atom. The maximum absolute atomic E-state index is 3.48. The van der Waals surface area contributed by atoms with Crippen LogP contribution in [0.25, 0.3) is 0 Å². The second-order valence-electron chi connectivity index (χ2n) is 4.95.